The number of carbonyl (C=O) groups excluding carboxylic acids is 2. The highest BCUT2D eigenvalue weighted by Crippen LogP contribution is 2.28. The number of carbonyl (C=O) groups is 2. The number of nitrogens with zero attached hydrogens (tertiary/aromatic N) is 1. The number of benzene rings is 1. The molecule has 6 nitrogen and oxygen atoms in total. The van der Waals surface area contributed by atoms with Crippen LogP contribution in [0.1, 0.15) is 32.6 Å². The van der Waals surface area contributed by atoms with Crippen LogP contribution in [0.15, 0.2) is 18.2 Å². The molecule has 1 saturated heterocycles. The molecule has 1 aliphatic carbocycles. The van der Waals surface area contributed by atoms with Crippen molar-refractivity contribution < 1.29 is 14.3 Å². The Morgan fingerprint density at radius 2 is 1.92 bits per heavy atom. The minimum atomic E-state index is -0.286. The fraction of sp³-hybridized carbons (Fsp3) is 0.579. The standard InChI is InChI=1S/C19H26ClN3O3/c1-12(18(24)22-16-11-14(20)3-6-17(16)26-2)23-9-7-13(8-10-23)19(25)21-15-4-5-15/h3,6,11-13,15H,4-5,7-10H2,1-2H3,(H,21,25)(H,22,24). The van der Waals surface area contributed by atoms with Crippen LogP contribution in [0, 0.1) is 5.92 Å². The number of nitrogens with one attached hydrogen (secondary N) is 2. The minimum Gasteiger partial charge on any atom is -0.495 e. The average molecular weight is 380 g/mol. The highest BCUT2D eigenvalue weighted by molar-refractivity contribution is 6.31. The second-order valence-electron chi connectivity index (χ2n) is 7.10. The van der Waals surface area contributed by atoms with Crippen LogP contribution >= 0.6 is 11.6 Å². The van der Waals surface area contributed by atoms with Crippen molar-refractivity contribution in [2.24, 2.45) is 5.92 Å². The maximum atomic E-state index is 12.6. The summed E-state index contributed by atoms with van der Waals surface area (Å²) < 4.78 is 5.27. The summed E-state index contributed by atoms with van der Waals surface area (Å²) in [5, 5.41) is 6.51. The first-order chi connectivity index (χ1) is 12.5. The van der Waals surface area contributed by atoms with Gasteiger partial charge in [0.25, 0.3) is 0 Å². The fourth-order valence-electron chi connectivity index (χ4n) is 3.28. The van der Waals surface area contributed by atoms with Crippen molar-refractivity contribution in [2.75, 3.05) is 25.5 Å². The first-order valence-corrected chi connectivity index (χ1v) is 9.54. The maximum absolute atomic E-state index is 12.6. The van der Waals surface area contributed by atoms with Gasteiger partial charge in [-0.1, -0.05) is 11.6 Å². The molecule has 1 aliphatic heterocycles. The third kappa shape index (κ3) is 4.68. The zero-order chi connectivity index (χ0) is 18.7. The summed E-state index contributed by atoms with van der Waals surface area (Å²) in [4.78, 5) is 26.9. The molecule has 1 atom stereocenters. The van der Waals surface area contributed by atoms with Crippen LogP contribution in [0.4, 0.5) is 5.69 Å². The van der Waals surface area contributed by atoms with Gasteiger partial charge in [-0.2, -0.15) is 0 Å². The van der Waals surface area contributed by atoms with Gasteiger partial charge in [-0.25, -0.2) is 0 Å². The lowest BCUT2D eigenvalue weighted by Gasteiger charge is -2.34. The molecule has 1 unspecified atom stereocenters. The number of rotatable bonds is 6. The number of ether oxygens (including phenoxy) is 1. The lowest BCUT2D eigenvalue weighted by atomic mass is 9.95. The van der Waals surface area contributed by atoms with E-state index < -0.39 is 0 Å². The quantitative estimate of drug-likeness (QED) is 0.797. The summed E-state index contributed by atoms with van der Waals surface area (Å²) in [6.07, 6.45) is 3.79. The number of hydrogen-bond donors (Lipinski definition) is 2. The van der Waals surface area contributed by atoms with Gasteiger partial charge in [-0.3, -0.25) is 14.5 Å². The molecule has 1 aromatic carbocycles. The van der Waals surface area contributed by atoms with Crippen molar-refractivity contribution in [2.45, 2.75) is 44.7 Å². The first-order valence-electron chi connectivity index (χ1n) is 9.16. The molecule has 142 valence electrons. The van der Waals surface area contributed by atoms with Gasteiger partial charge >= 0.3 is 0 Å². The summed E-state index contributed by atoms with van der Waals surface area (Å²) in [6, 6.07) is 5.24. The minimum absolute atomic E-state index is 0.0649. The molecule has 2 N–H and O–H groups in total. The Bertz CT molecular complexity index is 670. The molecule has 1 saturated carbocycles. The molecule has 2 aliphatic rings. The smallest absolute Gasteiger partial charge is 0.241 e. The van der Waals surface area contributed by atoms with E-state index in [9.17, 15) is 9.59 Å². The van der Waals surface area contributed by atoms with Gasteiger partial charge in [-0.05, 0) is 63.9 Å². The summed E-state index contributed by atoms with van der Waals surface area (Å²) in [7, 11) is 1.56. The van der Waals surface area contributed by atoms with Crippen LogP contribution in [0.2, 0.25) is 5.02 Å². The predicted molar refractivity (Wildman–Crippen MR) is 102 cm³/mol. The average Bonchev–Trinajstić information content (AvgIpc) is 3.45. The molecule has 0 aromatic heterocycles. The second-order valence-corrected chi connectivity index (χ2v) is 7.54. The normalized spacial score (nSPS) is 19.7. The van der Waals surface area contributed by atoms with Gasteiger partial charge in [0.2, 0.25) is 11.8 Å². The van der Waals surface area contributed by atoms with Crippen LogP contribution in [0.5, 0.6) is 5.75 Å². The van der Waals surface area contributed by atoms with Gasteiger partial charge in [0.1, 0.15) is 5.75 Å². The van der Waals surface area contributed by atoms with Crippen LogP contribution in [-0.4, -0.2) is 49.0 Å². The van der Waals surface area contributed by atoms with Crippen molar-refractivity contribution in [3.63, 3.8) is 0 Å². The van der Waals surface area contributed by atoms with E-state index in [1.807, 2.05) is 6.92 Å². The number of likely N-dealkylation sites (tertiary alicyclic amines) is 1. The van der Waals surface area contributed by atoms with E-state index in [2.05, 4.69) is 15.5 Å². The van der Waals surface area contributed by atoms with Gasteiger partial charge in [0, 0.05) is 17.0 Å². The largest absolute Gasteiger partial charge is 0.495 e. The van der Waals surface area contributed by atoms with E-state index >= 15 is 0 Å². The molecule has 3 rings (SSSR count). The molecule has 2 amide bonds. The van der Waals surface area contributed by atoms with Crippen molar-refractivity contribution in [1.82, 2.24) is 10.2 Å². The van der Waals surface area contributed by atoms with E-state index in [1.165, 1.54) is 0 Å². The summed E-state index contributed by atoms with van der Waals surface area (Å²) in [6.45, 7) is 3.37. The number of piperidine rings is 1. The third-order valence-corrected chi connectivity index (χ3v) is 5.41. The van der Waals surface area contributed by atoms with E-state index in [4.69, 9.17) is 16.3 Å². The molecule has 0 spiro atoms. The summed E-state index contributed by atoms with van der Waals surface area (Å²) in [5.41, 5.74) is 0.565. The Hall–Kier alpha value is -1.79. The number of hydrogen-bond acceptors (Lipinski definition) is 4. The van der Waals surface area contributed by atoms with Crippen molar-refractivity contribution in [3.05, 3.63) is 23.2 Å². The molecule has 26 heavy (non-hydrogen) atoms. The van der Waals surface area contributed by atoms with Crippen molar-refractivity contribution in [1.29, 1.82) is 0 Å². The van der Waals surface area contributed by atoms with E-state index in [-0.39, 0.29) is 23.8 Å². The third-order valence-electron chi connectivity index (χ3n) is 5.17. The van der Waals surface area contributed by atoms with Crippen molar-refractivity contribution >= 4 is 29.1 Å². The Morgan fingerprint density at radius 1 is 1.23 bits per heavy atom. The molecular weight excluding hydrogens is 354 g/mol. The number of anilines is 1. The summed E-state index contributed by atoms with van der Waals surface area (Å²) in [5.74, 6) is 0.708. The van der Waals surface area contributed by atoms with Gasteiger partial charge in [-0.15, -0.1) is 0 Å². The zero-order valence-corrected chi connectivity index (χ0v) is 16.0. The van der Waals surface area contributed by atoms with E-state index in [1.54, 1.807) is 25.3 Å². The van der Waals surface area contributed by atoms with Gasteiger partial charge < -0.3 is 15.4 Å². The number of methoxy groups -OCH3 is 1. The number of amides is 2. The van der Waals surface area contributed by atoms with Crippen molar-refractivity contribution in [3.8, 4) is 5.75 Å². The molecule has 0 bridgehead atoms. The van der Waals surface area contributed by atoms with Crippen LogP contribution in [-0.2, 0) is 9.59 Å². The maximum Gasteiger partial charge on any atom is 0.241 e. The Kier molecular flexibility index (Phi) is 6.04. The monoisotopic (exact) mass is 379 g/mol. The molecule has 1 aromatic rings. The Morgan fingerprint density at radius 3 is 2.54 bits per heavy atom. The fourth-order valence-corrected chi connectivity index (χ4v) is 3.45. The lowest BCUT2D eigenvalue weighted by molar-refractivity contribution is -0.127. The highest BCUT2D eigenvalue weighted by atomic mass is 35.5. The molecule has 2 fully saturated rings. The summed E-state index contributed by atoms with van der Waals surface area (Å²) >= 11 is 6.02. The molecule has 7 heteroatoms. The highest BCUT2D eigenvalue weighted by Gasteiger charge is 2.32. The number of halogens is 1. The second kappa shape index (κ2) is 8.27. The Labute approximate surface area is 159 Å². The Balaban J connectivity index is 1.53. The molecule has 1 heterocycles. The first kappa shape index (κ1) is 19.0. The molecule has 0 radical (unpaired) electrons. The van der Waals surface area contributed by atoms with E-state index in [0.717, 1.165) is 38.8 Å². The van der Waals surface area contributed by atoms with Gasteiger partial charge in [0.05, 0.1) is 18.8 Å². The SMILES string of the molecule is COc1ccc(Cl)cc1NC(=O)C(C)N1CCC(C(=O)NC2CC2)CC1. The lowest BCUT2D eigenvalue weighted by Crippen LogP contribution is -2.48. The molecular formula is C19H26ClN3O3. The van der Waals surface area contributed by atoms with E-state index in [0.29, 0.717) is 22.5 Å². The predicted octanol–water partition coefficient (Wildman–Crippen LogP) is 2.67. The van der Waals surface area contributed by atoms with Crippen LogP contribution < -0.4 is 15.4 Å². The topological polar surface area (TPSA) is 70.7 Å². The van der Waals surface area contributed by atoms with Crippen LogP contribution in [0.3, 0.4) is 0 Å². The zero-order valence-electron chi connectivity index (χ0n) is 15.3. The van der Waals surface area contributed by atoms with Gasteiger partial charge in [0.15, 0.2) is 0 Å². The van der Waals surface area contributed by atoms with Crippen LogP contribution in [0.25, 0.3) is 0 Å².